The minimum atomic E-state index is 0.0617. The zero-order chi connectivity index (χ0) is 18.2. The fourth-order valence-corrected chi connectivity index (χ4v) is 3.71. The highest BCUT2D eigenvalue weighted by Gasteiger charge is 2.12. The Morgan fingerprint density at radius 1 is 1.28 bits per heavy atom. The number of carbonyl (C=O) groups excluding carboxylic acids is 1. The Morgan fingerprint density at radius 3 is 2.68 bits per heavy atom. The number of thioether (sulfide) groups is 1. The molecule has 1 N–H and O–H groups in total. The summed E-state index contributed by atoms with van der Waals surface area (Å²) in [6.07, 6.45) is 0.746. The van der Waals surface area contributed by atoms with E-state index < -0.39 is 0 Å². The van der Waals surface area contributed by atoms with Crippen LogP contribution in [0.1, 0.15) is 5.56 Å². The number of hydrogen-bond donors (Lipinski definition) is 1. The monoisotopic (exact) mass is 382 g/mol. The van der Waals surface area contributed by atoms with Gasteiger partial charge in [-0.05, 0) is 24.1 Å². The van der Waals surface area contributed by atoms with E-state index in [-0.39, 0.29) is 5.91 Å². The van der Waals surface area contributed by atoms with Gasteiger partial charge < -0.3 is 19.7 Å². The molecule has 0 saturated carbocycles. The molecule has 0 atom stereocenters. The van der Waals surface area contributed by atoms with Crippen LogP contribution in [0.25, 0.3) is 0 Å². The number of hydrogen-bond acceptors (Lipinski definition) is 8. The van der Waals surface area contributed by atoms with Crippen LogP contribution in [0, 0.1) is 0 Å². The maximum absolute atomic E-state index is 12.2. The molecule has 25 heavy (non-hydrogen) atoms. The number of amides is 1. The van der Waals surface area contributed by atoms with Crippen molar-refractivity contribution < 1.29 is 14.3 Å². The Hall–Kier alpha value is -2.00. The van der Waals surface area contributed by atoms with Crippen LogP contribution in [-0.2, 0) is 11.2 Å². The minimum Gasteiger partial charge on any atom is -0.493 e. The first-order valence-electron chi connectivity index (χ1n) is 7.66. The van der Waals surface area contributed by atoms with Crippen LogP contribution in [0.2, 0.25) is 0 Å². The first-order valence-corrected chi connectivity index (χ1v) is 9.46. The van der Waals surface area contributed by atoms with Crippen molar-refractivity contribution in [1.29, 1.82) is 0 Å². The molecule has 0 unspecified atom stereocenters. The standard InChI is InChI=1S/C16H22N4O3S2/c1-17-15-18-19-16(25-15)24-10-14(21)20(2)8-7-11-5-6-12(22-3)13(9-11)23-4/h5-6,9H,7-8,10H2,1-4H3,(H,17,18). The molecule has 0 fully saturated rings. The van der Waals surface area contributed by atoms with Gasteiger partial charge in [0.1, 0.15) is 0 Å². The van der Waals surface area contributed by atoms with Gasteiger partial charge in [0, 0.05) is 20.6 Å². The van der Waals surface area contributed by atoms with Crippen molar-refractivity contribution in [3.8, 4) is 11.5 Å². The molecule has 136 valence electrons. The summed E-state index contributed by atoms with van der Waals surface area (Å²) in [6.45, 7) is 0.632. The van der Waals surface area contributed by atoms with Gasteiger partial charge in [0.25, 0.3) is 0 Å². The zero-order valence-electron chi connectivity index (χ0n) is 14.7. The van der Waals surface area contributed by atoms with E-state index in [1.54, 1.807) is 26.2 Å². The second kappa shape index (κ2) is 9.47. The molecule has 0 radical (unpaired) electrons. The number of nitrogens with one attached hydrogen (secondary N) is 1. The molecule has 0 spiro atoms. The number of methoxy groups -OCH3 is 2. The van der Waals surface area contributed by atoms with E-state index in [0.717, 1.165) is 21.5 Å². The lowest BCUT2D eigenvalue weighted by Crippen LogP contribution is -2.30. The van der Waals surface area contributed by atoms with Gasteiger partial charge in [-0.1, -0.05) is 29.2 Å². The van der Waals surface area contributed by atoms with Crippen LogP contribution >= 0.6 is 23.1 Å². The largest absolute Gasteiger partial charge is 0.493 e. The van der Waals surface area contributed by atoms with Crippen LogP contribution in [0.4, 0.5) is 5.13 Å². The predicted molar refractivity (Wildman–Crippen MR) is 101 cm³/mol. The lowest BCUT2D eigenvalue weighted by molar-refractivity contribution is -0.127. The van der Waals surface area contributed by atoms with Crippen molar-refractivity contribution in [3.63, 3.8) is 0 Å². The average Bonchev–Trinajstić information content (AvgIpc) is 3.11. The maximum Gasteiger partial charge on any atom is 0.232 e. The molecule has 9 heteroatoms. The summed E-state index contributed by atoms with van der Waals surface area (Å²) in [6, 6.07) is 5.79. The molecule has 1 aromatic heterocycles. The molecule has 2 aromatic rings. The minimum absolute atomic E-state index is 0.0617. The van der Waals surface area contributed by atoms with Gasteiger partial charge in [0.05, 0.1) is 20.0 Å². The van der Waals surface area contributed by atoms with Crippen molar-refractivity contribution in [2.24, 2.45) is 0 Å². The highest BCUT2D eigenvalue weighted by Crippen LogP contribution is 2.28. The molecule has 0 saturated heterocycles. The third-order valence-electron chi connectivity index (χ3n) is 3.55. The highest BCUT2D eigenvalue weighted by molar-refractivity contribution is 8.01. The molecule has 0 aliphatic rings. The number of aromatic nitrogens is 2. The number of rotatable bonds is 9. The number of benzene rings is 1. The zero-order valence-corrected chi connectivity index (χ0v) is 16.4. The first-order chi connectivity index (χ1) is 12.1. The number of likely N-dealkylation sites (N-methyl/N-ethyl adjacent to an activating group) is 1. The van der Waals surface area contributed by atoms with E-state index in [9.17, 15) is 4.79 Å². The molecule has 1 heterocycles. The summed E-state index contributed by atoms with van der Waals surface area (Å²) in [7, 11) is 6.82. The molecule has 0 bridgehead atoms. The summed E-state index contributed by atoms with van der Waals surface area (Å²) in [5.74, 6) is 1.80. The normalized spacial score (nSPS) is 10.4. The van der Waals surface area contributed by atoms with Gasteiger partial charge in [0.15, 0.2) is 15.8 Å². The van der Waals surface area contributed by atoms with Gasteiger partial charge >= 0.3 is 0 Å². The molecule has 7 nitrogen and oxygen atoms in total. The van der Waals surface area contributed by atoms with E-state index in [1.807, 2.05) is 25.2 Å². The number of nitrogens with zero attached hydrogens (tertiary/aromatic N) is 3. The molecule has 1 amide bonds. The Labute approximate surface area is 155 Å². The van der Waals surface area contributed by atoms with Gasteiger partial charge in [-0.3, -0.25) is 4.79 Å². The smallest absolute Gasteiger partial charge is 0.232 e. The number of ether oxygens (including phenoxy) is 2. The SMILES string of the molecule is CNc1nnc(SCC(=O)N(C)CCc2ccc(OC)c(OC)c2)s1. The first kappa shape index (κ1) is 19.3. The van der Waals surface area contributed by atoms with Crippen LogP contribution in [0.3, 0.4) is 0 Å². The van der Waals surface area contributed by atoms with E-state index in [0.29, 0.717) is 23.8 Å². The van der Waals surface area contributed by atoms with Crippen molar-refractivity contribution in [3.05, 3.63) is 23.8 Å². The molecule has 0 aliphatic heterocycles. The van der Waals surface area contributed by atoms with Crippen LogP contribution in [0.5, 0.6) is 11.5 Å². The third-order valence-corrected chi connectivity index (χ3v) is 5.61. The van der Waals surface area contributed by atoms with Gasteiger partial charge in [-0.25, -0.2) is 0 Å². The molecular weight excluding hydrogens is 360 g/mol. The summed E-state index contributed by atoms with van der Waals surface area (Å²) < 4.78 is 11.3. The van der Waals surface area contributed by atoms with E-state index in [2.05, 4.69) is 15.5 Å². The third kappa shape index (κ3) is 5.50. The molecular formula is C16H22N4O3S2. The predicted octanol–water partition coefficient (Wildman–Crippen LogP) is 2.39. The quantitative estimate of drug-likeness (QED) is 0.667. The fraction of sp³-hybridized carbons (Fsp3) is 0.438. The second-order valence-electron chi connectivity index (χ2n) is 5.17. The van der Waals surface area contributed by atoms with Gasteiger partial charge in [-0.2, -0.15) is 0 Å². The summed E-state index contributed by atoms with van der Waals surface area (Å²) >= 11 is 2.84. The topological polar surface area (TPSA) is 76.6 Å². The van der Waals surface area contributed by atoms with Crippen molar-refractivity contribution >= 4 is 34.1 Å². The van der Waals surface area contributed by atoms with Crippen molar-refractivity contribution in [2.75, 3.05) is 45.9 Å². The van der Waals surface area contributed by atoms with E-state index in [4.69, 9.17) is 9.47 Å². The van der Waals surface area contributed by atoms with E-state index in [1.165, 1.54) is 23.1 Å². The fourth-order valence-electron chi connectivity index (χ4n) is 2.06. The second-order valence-corrected chi connectivity index (χ2v) is 7.37. The Morgan fingerprint density at radius 2 is 2.04 bits per heavy atom. The lowest BCUT2D eigenvalue weighted by Gasteiger charge is -2.17. The lowest BCUT2D eigenvalue weighted by atomic mass is 10.1. The maximum atomic E-state index is 12.2. The Balaban J connectivity index is 1.82. The Bertz CT molecular complexity index is 708. The average molecular weight is 383 g/mol. The van der Waals surface area contributed by atoms with Crippen LogP contribution < -0.4 is 14.8 Å². The molecule has 0 aliphatic carbocycles. The molecule has 1 aromatic carbocycles. The summed E-state index contributed by atoms with van der Waals surface area (Å²) in [5, 5.41) is 11.7. The summed E-state index contributed by atoms with van der Waals surface area (Å²) in [5.41, 5.74) is 1.09. The number of carbonyl (C=O) groups is 1. The van der Waals surface area contributed by atoms with Crippen LogP contribution in [-0.4, -0.2) is 61.6 Å². The van der Waals surface area contributed by atoms with Crippen molar-refractivity contribution in [2.45, 2.75) is 10.8 Å². The number of anilines is 1. The van der Waals surface area contributed by atoms with E-state index >= 15 is 0 Å². The summed E-state index contributed by atoms with van der Waals surface area (Å²) in [4.78, 5) is 14.0. The van der Waals surface area contributed by atoms with Gasteiger partial charge in [0.2, 0.25) is 11.0 Å². The van der Waals surface area contributed by atoms with Crippen molar-refractivity contribution in [1.82, 2.24) is 15.1 Å². The van der Waals surface area contributed by atoms with Gasteiger partial charge in [-0.15, -0.1) is 10.2 Å². The van der Waals surface area contributed by atoms with Crippen LogP contribution in [0.15, 0.2) is 22.5 Å². The Kier molecular flexibility index (Phi) is 7.32. The molecule has 2 rings (SSSR count). The highest BCUT2D eigenvalue weighted by atomic mass is 32.2.